The van der Waals surface area contributed by atoms with Crippen molar-refractivity contribution in [3.8, 4) is 0 Å². The van der Waals surface area contributed by atoms with Gasteiger partial charge in [-0.15, -0.1) is 0 Å². The molecule has 1 aliphatic rings. The molecule has 1 aromatic rings. The zero-order valence-electron chi connectivity index (χ0n) is 20.8. The van der Waals surface area contributed by atoms with E-state index in [1.807, 2.05) is 0 Å². The first-order valence-corrected chi connectivity index (χ1v) is 12.9. The van der Waals surface area contributed by atoms with Crippen molar-refractivity contribution >= 4 is 43.8 Å². The van der Waals surface area contributed by atoms with Crippen molar-refractivity contribution in [3.05, 3.63) is 28.2 Å². The molecule has 2 heterocycles. The second-order valence-corrected chi connectivity index (χ2v) is 14.2. The molecule has 0 radical (unpaired) electrons. The molecule has 0 N–H and O–H groups in total. The van der Waals surface area contributed by atoms with Gasteiger partial charge in [0, 0.05) is 16.2 Å². The number of aromatic nitrogens is 1. The fraction of sp³-hybridized carbons (Fsp3) is 0.636. The molecule has 1 aliphatic heterocycles. The number of sulfone groups is 1. The van der Waals surface area contributed by atoms with Crippen molar-refractivity contribution in [2.24, 2.45) is 4.99 Å². The molecule has 0 aromatic carbocycles. The van der Waals surface area contributed by atoms with Crippen LogP contribution in [-0.4, -0.2) is 58.0 Å². The third-order valence-electron chi connectivity index (χ3n) is 4.89. The van der Waals surface area contributed by atoms with Crippen molar-refractivity contribution in [1.82, 2.24) is 9.88 Å². The average molecular weight is 564 g/mol. The number of aliphatic imine (C=N–C) groups is 1. The first kappa shape index (κ1) is 28.2. The predicted molar refractivity (Wildman–Crippen MR) is 129 cm³/mol. The normalized spacial score (nSPS) is 21.9. The van der Waals surface area contributed by atoms with Crippen molar-refractivity contribution < 1.29 is 31.9 Å². The van der Waals surface area contributed by atoms with Crippen LogP contribution in [0.3, 0.4) is 0 Å². The van der Waals surface area contributed by atoms with E-state index in [4.69, 9.17) is 9.47 Å². The zero-order valence-corrected chi connectivity index (χ0v) is 23.2. The van der Waals surface area contributed by atoms with E-state index in [-0.39, 0.29) is 5.56 Å². The Labute approximate surface area is 208 Å². The number of amidine groups is 1. The highest BCUT2D eigenvalue weighted by Crippen LogP contribution is 2.40. The van der Waals surface area contributed by atoms with E-state index in [9.17, 15) is 22.4 Å². The van der Waals surface area contributed by atoms with E-state index in [2.05, 4.69) is 25.9 Å². The quantitative estimate of drug-likeness (QED) is 0.442. The molecule has 0 unspecified atom stereocenters. The molecule has 1 atom stereocenters. The van der Waals surface area contributed by atoms with Crippen LogP contribution in [0.25, 0.3) is 0 Å². The number of rotatable bonds is 1. The van der Waals surface area contributed by atoms with Gasteiger partial charge < -0.3 is 9.47 Å². The first-order valence-electron chi connectivity index (χ1n) is 10.5. The lowest BCUT2D eigenvalue weighted by Gasteiger charge is -2.42. The van der Waals surface area contributed by atoms with E-state index < -0.39 is 61.0 Å². The van der Waals surface area contributed by atoms with Crippen LogP contribution >= 0.6 is 15.9 Å². The van der Waals surface area contributed by atoms with Gasteiger partial charge in [0.05, 0.1) is 5.75 Å². The van der Waals surface area contributed by atoms with E-state index in [1.165, 1.54) is 33.0 Å². The lowest BCUT2D eigenvalue weighted by Crippen LogP contribution is -2.61. The SMILES string of the molecule is CC(C)(C)OC(=O)N(C(=O)OC(C)(C)C)C1=N[C@](C)(c2cc(Br)cnc2F)CS(=O)(=O)C1(C)C. The van der Waals surface area contributed by atoms with E-state index in [0.717, 1.165) is 0 Å². The summed E-state index contributed by atoms with van der Waals surface area (Å²) in [6.07, 6.45) is -1.11. The summed E-state index contributed by atoms with van der Waals surface area (Å²) in [6, 6.07) is 1.36. The van der Waals surface area contributed by atoms with Crippen LogP contribution in [-0.2, 0) is 24.8 Å². The lowest BCUT2D eigenvalue weighted by atomic mass is 9.95. The van der Waals surface area contributed by atoms with E-state index in [0.29, 0.717) is 9.37 Å². The molecule has 0 aliphatic carbocycles. The smallest absolute Gasteiger partial charge is 0.425 e. The van der Waals surface area contributed by atoms with E-state index >= 15 is 0 Å². The van der Waals surface area contributed by atoms with Crippen molar-refractivity contribution in [3.63, 3.8) is 0 Å². The highest BCUT2D eigenvalue weighted by molar-refractivity contribution is 9.10. The minimum absolute atomic E-state index is 0.119. The number of carbonyl (C=O) groups excluding carboxylic acids is 2. The highest BCUT2D eigenvalue weighted by Gasteiger charge is 2.55. The first-order chi connectivity index (χ1) is 15.1. The Bertz CT molecular complexity index is 1110. The average Bonchev–Trinajstić information content (AvgIpc) is 2.58. The van der Waals surface area contributed by atoms with Gasteiger partial charge in [0.15, 0.2) is 9.84 Å². The standard InChI is InChI=1S/C22H31BrFN3O6S/c1-19(2,3)32-17(28)27(18(29)33-20(4,5)6)16-21(7,8)34(30,31)12-22(9,26-16)14-10-13(23)11-25-15(14)24/h10-11H,12H2,1-9H3/t22-/m0/s1. The molecule has 2 rings (SSSR count). The Kier molecular flexibility index (Phi) is 7.33. The summed E-state index contributed by atoms with van der Waals surface area (Å²) < 4.78 is 51.0. The molecule has 0 fully saturated rings. The number of nitrogens with zero attached hydrogens (tertiary/aromatic N) is 3. The number of hydrogen-bond donors (Lipinski definition) is 0. The number of amides is 2. The Hall–Kier alpha value is -2.08. The maximum Gasteiger partial charge on any atom is 0.425 e. The Morgan fingerprint density at radius 2 is 1.53 bits per heavy atom. The molecule has 1 aromatic heterocycles. The molecule has 12 heteroatoms. The van der Waals surface area contributed by atoms with Crippen LogP contribution in [0.4, 0.5) is 14.0 Å². The number of pyridine rings is 1. The van der Waals surface area contributed by atoms with Gasteiger partial charge in [-0.25, -0.2) is 23.0 Å². The molecule has 2 amide bonds. The van der Waals surface area contributed by atoms with Crippen LogP contribution in [0.2, 0.25) is 0 Å². The molecular weight excluding hydrogens is 533 g/mol. The fourth-order valence-electron chi connectivity index (χ4n) is 3.21. The second-order valence-electron chi connectivity index (χ2n) is 10.8. The maximum absolute atomic E-state index is 14.7. The number of ether oxygens (including phenoxy) is 2. The van der Waals surface area contributed by atoms with Crippen LogP contribution in [0, 0.1) is 5.95 Å². The maximum atomic E-state index is 14.7. The molecule has 0 saturated heterocycles. The molecule has 0 spiro atoms. The molecule has 190 valence electrons. The Balaban J connectivity index is 2.84. The van der Waals surface area contributed by atoms with Gasteiger partial charge in [-0.2, -0.15) is 9.29 Å². The molecule has 9 nitrogen and oxygen atoms in total. The van der Waals surface area contributed by atoms with E-state index in [1.54, 1.807) is 41.5 Å². The number of imide groups is 1. The summed E-state index contributed by atoms with van der Waals surface area (Å²) in [6.45, 7) is 13.6. The fourth-order valence-corrected chi connectivity index (χ4v) is 5.28. The molecule has 34 heavy (non-hydrogen) atoms. The van der Waals surface area contributed by atoms with Gasteiger partial charge in [0.2, 0.25) is 5.95 Å². The third kappa shape index (κ3) is 5.94. The molecule has 0 saturated carbocycles. The van der Waals surface area contributed by atoms with Crippen molar-refractivity contribution in [1.29, 1.82) is 0 Å². The van der Waals surface area contributed by atoms with Crippen molar-refractivity contribution in [2.45, 2.75) is 83.8 Å². The number of carbonyl (C=O) groups is 2. The monoisotopic (exact) mass is 563 g/mol. The summed E-state index contributed by atoms with van der Waals surface area (Å²) >= 11 is 3.21. The van der Waals surface area contributed by atoms with Crippen LogP contribution in [0.15, 0.2) is 21.7 Å². The number of hydrogen-bond acceptors (Lipinski definition) is 8. The summed E-state index contributed by atoms with van der Waals surface area (Å²) in [5.41, 5.74) is -3.85. The zero-order chi connectivity index (χ0) is 26.5. The lowest BCUT2D eigenvalue weighted by molar-refractivity contribution is 0.0139. The van der Waals surface area contributed by atoms with Gasteiger partial charge in [-0.05, 0) is 84.3 Å². The number of halogens is 2. The largest absolute Gasteiger partial charge is 0.443 e. The Morgan fingerprint density at radius 3 is 1.97 bits per heavy atom. The van der Waals surface area contributed by atoms with Gasteiger partial charge >= 0.3 is 12.2 Å². The van der Waals surface area contributed by atoms with Gasteiger partial charge in [-0.1, -0.05) is 0 Å². The Morgan fingerprint density at radius 1 is 1.06 bits per heavy atom. The summed E-state index contributed by atoms with van der Waals surface area (Å²) in [4.78, 5) is 35.0. The molecular formula is C22H31BrFN3O6S. The summed E-state index contributed by atoms with van der Waals surface area (Å²) in [5, 5.41) is 0. The molecule has 0 bridgehead atoms. The van der Waals surface area contributed by atoms with Gasteiger partial charge in [0.1, 0.15) is 27.3 Å². The minimum Gasteiger partial charge on any atom is -0.443 e. The van der Waals surface area contributed by atoms with Crippen molar-refractivity contribution in [2.75, 3.05) is 5.75 Å². The summed E-state index contributed by atoms with van der Waals surface area (Å²) in [5.74, 6) is -1.95. The van der Waals surface area contributed by atoms with Crippen LogP contribution in [0.5, 0.6) is 0 Å². The minimum atomic E-state index is -4.09. The second kappa shape index (κ2) is 8.85. The summed E-state index contributed by atoms with van der Waals surface area (Å²) in [7, 11) is -4.09. The predicted octanol–water partition coefficient (Wildman–Crippen LogP) is 4.98. The highest BCUT2D eigenvalue weighted by atomic mass is 79.9. The van der Waals surface area contributed by atoms with Gasteiger partial charge in [-0.3, -0.25) is 4.99 Å². The van der Waals surface area contributed by atoms with Crippen LogP contribution < -0.4 is 0 Å². The van der Waals surface area contributed by atoms with Crippen LogP contribution in [0.1, 0.15) is 67.9 Å². The topological polar surface area (TPSA) is 115 Å². The third-order valence-corrected chi connectivity index (χ3v) is 8.00. The van der Waals surface area contributed by atoms with Gasteiger partial charge in [0.25, 0.3) is 0 Å².